The van der Waals surface area contributed by atoms with Gasteiger partial charge in [0.1, 0.15) is 5.82 Å². The minimum atomic E-state index is 0.277. The molecule has 3 aromatic rings. The number of anilines is 1. The van der Waals surface area contributed by atoms with Crippen molar-refractivity contribution in [3.8, 4) is 11.3 Å². The van der Waals surface area contributed by atoms with Gasteiger partial charge in [0.25, 0.3) is 0 Å². The van der Waals surface area contributed by atoms with Crippen LogP contribution in [0.3, 0.4) is 0 Å². The number of fused-ring (bicyclic) bond motifs is 1. The number of hydrogen-bond donors (Lipinski definition) is 1. The van der Waals surface area contributed by atoms with E-state index in [0.29, 0.717) is 17.7 Å². The lowest BCUT2D eigenvalue weighted by molar-refractivity contribution is -0.137. The maximum atomic E-state index is 12.9. The number of rotatable bonds is 6. The fourth-order valence-corrected chi connectivity index (χ4v) is 6.24. The van der Waals surface area contributed by atoms with Gasteiger partial charge >= 0.3 is 0 Å². The van der Waals surface area contributed by atoms with Gasteiger partial charge in [-0.05, 0) is 71.9 Å². The van der Waals surface area contributed by atoms with Gasteiger partial charge in [0.15, 0.2) is 5.65 Å². The molecule has 3 fully saturated rings. The molecule has 2 aromatic heterocycles. The molecule has 3 heterocycles. The summed E-state index contributed by atoms with van der Waals surface area (Å²) in [5.74, 6) is 2.87. The number of nitrogens with one attached hydrogen (secondary N) is 1. The maximum Gasteiger partial charge on any atom is 0.225 e. The fourth-order valence-electron chi connectivity index (χ4n) is 5.89. The SMILES string of the molecule is O=C(C1CCCCC1)N1CCC(CNc2cc(-c3ccccc3C3CC3)nc3c(Br)cnn23)CC1. The Morgan fingerprint density at radius 3 is 2.57 bits per heavy atom. The van der Waals surface area contributed by atoms with E-state index in [1.165, 1.54) is 43.2 Å². The maximum absolute atomic E-state index is 12.9. The summed E-state index contributed by atoms with van der Waals surface area (Å²) in [7, 11) is 0. The number of piperidine rings is 1. The van der Waals surface area contributed by atoms with Gasteiger partial charge < -0.3 is 10.2 Å². The second kappa shape index (κ2) is 9.92. The zero-order chi connectivity index (χ0) is 23.8. The van der Waals surface area contributed by atoms with Crippen LogP contribution in [0.25, 0.3) is 16.9 Å². The number of halogens is 1. The summed E-state index contributed by atoms with van der Waals surface area (Å²) in [5.41, 5.74) is 4.46. The largest absolute Gasteiger partial charge is 0.370 e. The van der Waals surface area contributed by atoms with Crippen LogP contribution < -0.4 is 5.32 Å². The van der Waals surface area contributed by atoms with Crippen molar-refractivity contribution in [1.29, 1.82) is 0 Å². The molecule has 6 nitrogen and oxygen atoms in total. The normalized spacial score (nSPS) is 19.9. The average Bonchev–Trinajstić information content (AvgIpc) is 3.70. The van der Waals surface area contributed by atoms with E-state index < -0.39 is 0 Å². The van der Waals surface area contributed by atoms with Crippen LogP contribution in [-0.2, 0) is 4.79 Å². The number of aromatic nitrogens is 3. The Labute approximate surface area is 215 Å². The smallest absolute Gasteiger partial charge is 0.225 e. The summed E-state index contributed by atoms with van der Waals surface area (Å²) < 4.78 is 2.80. The molecule has 1 saturated heterocycles. The van der Waals surface area contributed by atoms with Gasteiger partial charge in [-0.1, -0.05) is 43.5 Å². The minimum Gasteiger partial charge on any atom is -0.370 e. The predicted octanol–water partition coefficient (Wildman–Crippen LogP) is 6.27. The van der Waals surface area contributed by atoms with E-state index in [4.69, 9.17) is 4.98 Å². The molecule has 2 saturated carbocycles. The highest BCUT2D eigenvalue weighted by atomic mass is 79.9. The van der Waals surface area contributed by atoms with Crippen LogP contribution >= 0.6 is 15.9 Å². The molecular weight excluding hydrogens is 502 g/mol. The lowest BCUT2D eigenvalue weighted by Gasteiger charge is -2.35. The van der Waals surface area contributed by atoms with Crippen LogP contribution in [0.2, 0.25) is 0 Å². The zero-order valence-corrected chi connectivity index (χ0v) is 21.8. The molecule has 1 aliphatic heterocycles. The molecule has 1 N–H and O–H groups in total. The van der Waals surface area contributed by atoms with Crippen LogP contribution in [0.5, 0.6) is 0 Å². The molecule has 0 bridgehead atoms. The molecule has 0 unspecified atom stereocenters. The van der Waals surface area contributed by atoms with Crippen molar-refractivity contribution in [2.24, 2.45) is 11.8 Å². The second-order valence-corrected chi connectivity index (χ2v) is 11.5. The van der Waals surface area contributed by atoms with E-state index in [1.54, 1.807) is 0 Å². The van der Waals surface area contributed by atoms with Crippen molar-refractivity contribution >= 4 is 33.3 Å². The van der Waals surface area contributed by atoms with Crippen LogP contribution in [0.15, 0.2) is 41.0 Å². The summed E-state index contributed by atoms with van der Waals surface area (Å²) >= 11 is 3.64. The van der Waals surface area contributed by atoms with Crippen molar-refractivity contribution in [2.75, 3.05) is 25.0 Å². The number of benzene rings is 1. The standard InChI is InChI=1S/C28H34BrN5O/c29-24-18-31-34-26(16-25(32-27(24)34)23-9-5-4-8-22(23)20-10-11-20)30-17-19-12-14-33(15-13-19)28(35)21-6-2-1-3-7-21/h4-5,8-9,16,18-21,30H,1-3,6-7,10-15,17H2. The highest BCUT2D eigenvalue weighted by molar-refractivity contribution is 9.10. The fraction of sp³-hybridized carbons (Fsp3) is 0.536. The van der Waals surface area contributed by atoms with Gasteiger partial charge in [0.2, 0.25) is 5.91 Å². The molecule has 0 radical (unpaired) electrons. The first-order valence-electron chi connectivity index (χ1n) is 13.3. The molecule has 2 aliphatic carbocycles. The molecule has 1 amide bonds. The third kappa shape index (κ3) is 4.84. The Morgan fingerprint density at radius 2 is 1.80 bits per heavy atom. The molecular formula is C28H34BrN5O. The summed E-state index contributed by atoms with van der Waals surface area (Å²) in [6.45, 7) is 2.66. The molecule has 7 heteroatoms. The Kier molecular flexibility index (Phi) is 6.52. The van der Waals surface area contributed by atoms with Crippen molar-refractivity contribution < 1.29 is 4.79 Å². The second-order valence-electron chi connectivity index (χ2n) is 10.6. The van der Waals surface area contributed by atoms with Crippen LogP contribution in [0.1, 0.15) is 69.3 Å². The van der Waals surface area contributed by atoms with Crippen molar-refractivity contribution in [3.63, 3.8) is 0 Å². The number of hydrogen-bond acceptors (Lipinski definition) is 4. The summed E-state index contributed by atoms with van der Waals surface area (Å²) in [4.78, 5) is 20.0. The number of nitrogens with zero attached hydrogens (tertiary/aromatic N) is 4. The van der Waals surface area contributed by atoms with E-state index in [0.717, 1.165) is 66.9 Å². The number of carbonyl (C=O) groups excluding carboxylic acids is 1. The van der Waals surface area contributed by atoms with Crippen LogP contribution in [-0.4, -0.2) is 45.0 Å². The predicted molar refractivity (Wildman–Crippen MR) is 142 cm³/mol. The monoisotopic (exact) mass is 535 g/mol. The molecule has 0 spiro atoms. The first-order valence-corrected chi connectivity index (χ1v) is 14.1. The average molecular weight is 537 g/mol. The Bertz CT molecular complexity index is 1210. The minimum absolute atomic E-state index is 0.277. The lowest BCUT2D eigenvalue weighted by Crippen LogP contribution is -2.43. The quantitative estimate of drug-likeness (QED) is 0.404. The highest BCUT2D eigenvalue weighted by Gasteiger charge is 2.30. The van der Waals surface area contributed by atoms with Gasteiger partial charge in [0.05, 0.1) is 16.4 Å². The third-order valence-electron chi connectivity index (χ3n) is 8.14. The van der Waals surface area contributed by atoms with Gasteiger partial charge in [0, 0.05) is 37.2 Å². The Balaban J connectivity index is 1.16. The Hall–Kier alpha value is -2.41. The summed E-state index contributed by atoms with van der Waals surface area (Å²) in [5, 5.41) is 8.25. The summed E-state index contributed by atoms with van der Waals surface area (Å²) in [6, 6.07) is 10.8. The number of carbonyl (C=O) groups is 1. The molecule has 1 aromatic carbocycles. The van der Waals surface area contributed by atoms with Crippen LogP contribution in [0, 0.1) is 11.8 Å². The molecule has 3 aliphatic rings. The van der Waals surface area contributed by atoms with Gasteiger partial charge in [-0.2, -0.15) is 9.61 Å². The third-order valence-corrected chi connectivity index (χ3v) is 8.69. The van der Waals surface area contributed by atoms with Crippen molar-refractivity contribution in [2.45, 2.75) is 63.7 Å². The first-order chi connectivity index (χ1) is 17.2. The summed E-state index contributed by atoms with van der Waals surface area (Å²) in [6.07, 6.45) is 12.4. The topological polar surface area (TPSA) is 62.5 Å². The number of amides is 1. The first kappa shape index (κ1) is 23.0. The van der Waals surface area contributed by atoms with E-state index in [-0.39, 0.29) is 5.92 Å². The Morgan fingerprint density at radius 1 is 1.03 bits per heavy atom. The van der Waals surface area contributed by atoms with Crippen molar-refractivity contribution in [1.82, 2.24) is 19.5 Å². The molecule has 184 valence electrons. The van der Waals surface area contributed by atoms with Gasteiger partial charge in [-0.25, -0.2) is 4.98 Å². The van der Waals surface area contributed by atoms with E-state index in [2.05, 4.69) is 61.6 Å². The number of likely N-dealkylation sites (tertiary alicyclic amines) is 1. The molecule has 0 atom stereocenters. The van der Waals surface area contributed by atoms with Crippen LogP contribution in [0.4, 0.5) is 5.82 Å². The van der Waals surface area contributed by atoms with Gasteiger partial charge in [-0.15, -0.1) is 0 Å². The highest BCUT2D eigenvalue weighted by Crippen LogP contribution is 2.44. The molecule has 6 rings (SSSR count). The lowest BCUT2D eigenvalue weighted by atomic mass is 9.87. The van der Waals surface area contributed by atoms with E-state index in [9.17, 15) is 4.79 Å². The zero-order valence-electron chi connectivity index (χ0n) is 20.3. The molecule has 35 heavy (non-hydrogen) atoms. The van der Waals surface area contributed by atoms with E-state index >= 15 is 0 Å². The van der Waals surface area contributed by atoms with Crippen molar-refractivity contribution in [3.05, 3.63) is 46.6 Å². The van der Waals surface area contributed by atoms with E-state index in [1.807, 2.05) is 10.7 Å². The van der Waals surface area contributed by atoms with Gasteiger partial charge in [-0.3, -0.25) is 4.79 Å².